The maximum atomic E-state index is 13.2. The van der Waals surface area contributed by atoms with Crippen LogP contribution in [-0.2, 0) is 26.0 Å². The van der Waals surface area contributed by atoms with Crippen LogP contribution in [0.2, 0.25) is 5.02 Å². The number of halogens is 1. The van der Waals surface area contributed by atoms with Crippen LogP contribution < -0.4 is 0 Å². The zero-order valence-electron chi connectivity index (χ0n) is 18.2. The highest BCUT2D eigenvalue weighted by Gasteiger charge is 2.31. The Labute approximate surface area is 194 Å². The van der Waals surface area contributed by atoms with Gasteiger partial charge >= 0.3 is 5.97 Å². The van der Waals surface area contributed by atoms with Crippen LogP contribution >= 0.6 is 11.6 Å². The van der Waals surface area contributed by atoms with Gasteiger partial charge in [-0.3, -0.25) is 4.79 Å². The molecule has 0 aliphatic carbocycles. The number of carbonyl (C=O) groups excluding carboxylic acids is 2. The Kier molecular flexibility index (Phi) is 7.92. The second kappa shape index (κ2) is 10.5. The summed E-state index contributed by atoms with van der Waals surface area (Å²) in [6.07, 6.45) is 2.42. The van der Waals surface area contributed by atoms with Gasteiger partial charge in [0.05, 0.1) is 10.6 Å². The van der Waals surface area contributed by atoms with Crippen molar-refractivity contribution in [2.24, 2.45) is 5.92 Å². The molecular formula is C23H27ClN2O5S. The molecule has 172 valence electrons. The molecule has 9 heteroatoms. The topological polar surface area (TPSA) is 84.0 Å². The van der Waals surface area contributed by atoms with Crippen molar-refractivity contribution >= 4 is 33.5 Å². The summed E-state index contributed by atoms with van der Waals surface area (Å²) in [4.78, 5) is 25.1. The quantitative estimate of drug-likeness (QED) is 0.570. The van der Waals surface area contributed by atoms with Crippen molar-refractivity contribution in [3.8, 4) is 0 Å². The summed E-state index contributed by atoms with van der Waals surface area (Å²) < 4.78 is 32.9. The third kappa shape index (κ3) is 5.88. The highest BCUT2D eigenvalue weighted by Crippen LogP contribution is 2.30. The average Bonchev–Trinajstić information content (AvgIpc) is 2.78. The fraction of sp³-hybridized carbons (Fsp3) is 0.391. The summed E-state index contributed by atoms with van der Waals surface area (Å²) in [6.45, 7) is 0.357. The summed E-state index contributed by atoms with van der Waals surface area (Å²) in [6, 6.07) is 14.1. The van der Waals surface area contributed by atoms with Crippen LogP contribution in [0.15, 0.2) is 53.4 Å². The molecule has 7 nitrogen and oxygen atoms in total. The molecule has 0 N–H and O–H groups in total. The fourth-order valence-corrected chi connectivity index (χ4v) is 5.58. The lowest BCUT2D eigenvalue weighted by atomic mass is 9.91. The first-order valence-corrected chi connectivity index (χ1v) is 12.2. The van der Waals surface area contributed by atoms with Crippen molar-refractivity contribution in [3.63, 3.8) is 0 Å². The number of carbonyl (C=O) groups is 2. The van der Waals surface area contributed by atoms with E-state index in [4.69, 9.17) is 16.3 Å². The van der Waals surface area contributed by atoms with Gasteiger partial charge in [0.15, 0.2) is 6.61 Å². The maximum Gasteiger partial charge on any atom is 0.338 e. The van der Waals surface area contributed by atoms with E-state index in [1.807, 2.05) is 18.2 Å². The normalized spacial score (nSPS) is 15.3. The van der Waals surface area contributed by atoms with Gasteiger partial charge in [0.1, 0.15) is 4.90 Å². The molecular weight excluding hydrogens is 452 g/mol. The molecule has 3 rings (SSSR count). The molecule has 32 heavy (non-hydrogen) atoms. The van der Waals surface area contributed by atoms with Gasteiger partial charge in [0.25, 0.3) is 5.91 Å². The Hall–Kier alpha value is -2.42. The van der Waals surface area contributed by atoms with Crippen molar-refractivity contribution in [1.82, 2.24) is 9.21 Å². The Balaban J connectivity index is 1.68. The smallest absolute Gasteiger partial charge is 0.338 e. The van der Waals surface area contributed by atoms with Crippen LogP contribution in [0.1, 0.15) is 28.8 Å². The van der Waals surface area contributed by atoms with Crippen LogP contribution in [0.25, 0.3) is 0 Å². The van der Waals surface area contributed by atoms with E-state index < -0.39 is 22.6 Å². The van der Waals surface area contributed by atoms with E-state index >= 15 is 0 Å². The van der Waals surface area contributed by atoms with Crippen LogP contribution in [0.5, 0.6) is 0 Å². The first-order valence-electron chi connectivity index (χ1n) is 10.4. The number of likely N-dealkylation sites (N-methyl/N-ethyl adjacent to an activating group) is 1. The Morgan fingerprint density at radius 3 is 2.38 bits per heavy atom. The standard InChI is InChI=1S/C23H27ClN2O5S/c1-25(2)22(27)16-31-23(28)19-8-9-20(24)21(15-19)32(29,30)26-12-10-18(11-13-26)14-17-6-4-3-5-7-17/h3-9,15,18H,10-14,16H2,1-2H3. The van der Waals surface area contributed by atoms with Crippen molar-refractivity contribution in [1.29, 1.82) is 0 Å². The van der Waals surface area contributed by atoms with Crippen molar-refractivity contribution in [2.75, 3.05) is 33.8 Å². The number of esters is 1. The second-order valence-electron chi connectivity index (χ2n) is 8.05. The van der Waals surface area contributed by atoms with E-state index in [1.54, 1.807) is 14.1 Å². The highest BCUT2D eigenvalue weighted by molar-refractivity contribution is 7.89. The number of amides is 1. The van der Waals surface area contributed by atoms with E-state index in [0.717, 1.165) is 19.3 Å². The van der Waals surface area contributed by atoms with E-state index in [-0.39, 0.29) is 21.4 Å². The van der Waals surface area contributed by atoms with Crippen LogP contribution in [0.3, 0.4) is 0 Å². The molecule has 1 saturated heterocycles. The number of nitrogens with zero attached hydrogens (tertiary/aromatic N) is 2. The minimum absolute atomic E-state index is 0.0264. The molecule has 1 aliphatic heterocycles. The first-order chi connectivity index (χ1) is 15.2. The SMILES string of the molecule is CN(C)C(=O)COC(=O)c1ccc(Cl)c(S(=O)(=O)N2CCC(Cc3ccccc3)CC2)c1. The van der Waals surface area contributed by atoms with Gasteiger partial charge in [-0.05, 0) is 48.9 Å². The molecule has 0 atom stereocenters. The monoisotopic (exact) mass is 478 g/mol. The van der Waals surface area contributed by atoms with Crippen molar-refractivity contribution in [2.45, 2.75) is 24.2 Å². The molecule has 0 spiro atoms. The van der Waals surface area contributed by atoms with Crippen molar-refractivity contribution < 1.29 is 22.7 Å². The number of piperidine rings is 1. The predicted molar refractivity (Wildman–Crippen MR) is 122 cm³/mol. The lowest BCUT2D eigenvalue weighted by molar-refractivity contribution is -0.131. The number of ether oxygens (including phenoxy) is 1. The van der Waals surface area contributed by atoms with E-state index in [2.05, 4.69) is 12.1 Å². The molecule has 1 amide bonds. The van der Waals surface area contributed by atoms with Gasteiger partial charge in [-0.1, -0.05) is 41.9 Å². The lowest BCUT2D eigenvalue weighted by Gasteiger charge is -2.31. The van der Waals surface area contributed by atoms with Gasteiger partial charge < -0.3 is 9.64 Å². The Bertz CT molecular complexity index is 1070. The zero-order chi connectivity index (χ0) is 23.3. The average molecular weight is 479 g/mol. The van der Waals surface area contributed by atoms with E-state index in [0.29, 0.717) is 19.0 Å². The predicted octanol–water partition coefficient (Wildman–Crippen LogP) is 3.23. The zero-order valence-corrected chi connectivity index (χ0v) is 19.7. The molecule has 0 saturated carbocycles. The maximum absolute atomic E-state index is 13.2. The van der Waals surface area contributed by atoms with Gasteiger partial charge in [0.2, 0.25) is 10.0 Å². The number of benzene rings is 2. The van der Waals surface area contributed by atoms with Gasteiger partial charge in [-0.2, -0.15) is 4.31 Å². The first kappa shape index (κ1) is 24.2. The summed E-state index contributed by atoms with van der Waals surface area (Å²) in [7, 11) is -0.776. The Morgan fingerprint density at radius 2 is 1.75 bits per heavy atom. The van der Waals surface area contributed by atoms with Crippen molar-refractivity contribution in [3.05, 3.63) is 64.7 Å². The number of hydrogen-bond donors (Lipinski definition) is 0. The van der Waals surface area contributed by atoms with Gasteiger partial charge in [0, 0.05) is 27.2 Å². The summed E-state index contributed by atoms with van der Waals surface area (Å²) in [5, 5.41) is 0.0392. The third-order valence-corrected chi connectivity index (χ3v) is 7.93. The summed E-state index contributed by atoms with van der Waals surface area (Å²) in [5.74, 6) is -0.747. The summed E-state index contributed by atoms with van der Waals surface area (Å²) >= 11 is 6.19. The van der Waals surface area contributed by atoms with Gasteiger partial charge in [-0.15, -0.1) is 0 Å². The van der Waals surface area contributed by atoms with E-state index in [1.165, 1.54) is 33.0 Å². The molecule has 0 aromatic heterocycles. The molecule has 0 unspecified atom stereocenters. The molecule has 2 aromatic carbocycles. The van der Waals surface area contributed by atoms with E-state index in [9.17, 15) is 18.0 Å². The van der Waals surface area contributed by atoms with Crippen LogP contribution in [-0.4, -0.2) is 63.3 Å². The largest absolute Gasteiger partial charge is 0.452 e. The molecule has 2 aromatic rings. The summed E-state index contributed by atoms with van der Waals surface area (Å²) in [5.41, 5.74) is 1.27. The number of rotatable bonds is 7. The fourth-order valence-electron chi connectivity index (χ4n) is 3.61. The highest BCUT2D eigenvalue weighted by atomic mass is 35.5. The minimum atomic E-state index is -3.87. The molecule has 1 fully saturated rings. The molecule has 0 bridgehead atoms. The molecule has 0 radical (unpaired) electrons. The molecule has 1 heterocycles. The van der Waals surface area contributed by atoms with Crippen LogP contribution in [0.4, 0.5) is 0 Å². The Morgan fingerprint density at radius 1 is 1.09 bits per heavy atom. The molecule has 1 aliphatic rings. The number of sulfonamides is 1. The van der Waals surface area contributed by atoms with Crippen LogP contribution in [0, 0.1) is 5.92 Å². The third-order valence-electron chi connectivity index (χ3n) is 5.55. The minimum Gasteiger partial charge on any atom is -0.452 e. The second-order valence-corrected chi connectivity index (χ2v) is 10.4. The lowest BCUT2D eigenvalue weighted by Crippen LogP contribution is -2.39. The van der Waals surface area contributed by atoms with Gasteiger partial charge in [-0.25, -0.2) is 13.2 Å². The number of hydrogen-bond acceptors (Lipinski definition) is 5.